The highest BCUT2D eigenvalue weighted by Gasteiger charge is 2.41. The number of alkyl halides is 3. The zero-order valence-corrected chi connectivity index (χ0v) is 17.1. The molecule has 4 aromatic rings. The minimum atomic E-state index is -5.09. The molecule has 0 spiro atoms. The van der Waals surface area contributed by atoms with Crippen molar-refractivity contribution >= 4 is 45.7 Å². The Kier molecular flexibility index (Phi) is 5.53. The van der Waals surface area contributed by atoms with Gasteiger partial charge in [0.1, 0.15) is 11.4 Å². The summed E-state index contributed by atoms with van der Waals surface area (Å²) in [5, 5.41) is 4.59. The molecule has 4 rings (SSSR count). The van der Waals surface area contributed by atoms with Gasteiger partial charge in [-0.2, -0.15) is 13.2 Å². The number of anilines is 2. The Bertz CT molecular complexity index is 1270. The van der Waals surface area contributed by atoms with Crippen LogP contribution in [0.25, 0.3) is 22.6 Å². The number of ether oxygens (including phenoxy) is 1. The van der Waals surface area contributed by atoms with Crippen LogP contribution < -0.4 is 15.0 Å². The lowest BCUT2D eigenvalue weighted by Crippen LogP contribution is -2.31. The highest BCUT2D eigenvalue weighted by Crippen LogP contribution is 2.25. The normalized spacial score (nSPS) is 11.4. The third-order valence-corrected chi connectivity index (χ3v) is 4.97. The Labute approximate surface area is 182 Å². The van der Waals surface area contributed by atoms with Gasteiger partial charge >= 0.3 is 18.2 Å². The van der Waals surface area contributed by atoms with Gasteiger partial charge in [-0.05, 0) is 42.5 Å². The van der Waals surface area contributed by atoms with Crippen LogP contribution in [0.1, 0.15) is 0 Å². The molecule has 0 aliphatic heterocycles. The highest BCUT2D eigenvalue weighted by atomic mass is 32.1. The lowest BCUT2D eigenvalue weighted by molar-refractivity contribution is -0.189. The Hall–Kier alpha value is -3.93. The highest BCUT2D eigenvalue weighted by molar-refractivity contribution is 7.07. The number of nitrogens with zero attached hydrogens (tertiary/aromatic N) is 3. The average Bonchev–Trinajstić information content (AvgIpc) is 3.42. The van der Waals surface area contributed by atoms with Crippen molar-refractivity contribution in [3.8, 4) is 17.3 Å². The minimum Gasteiger partial charge on any atom is -0.420 e. The molecule has 0 aliphatic carbocycles. The van der Waals surface area contributed by atoms with Crippen molar-refractivity contribution in [1.29, 1.82) is 0 Å². The standard InChI is InChI=1S/C20H14F3N5O3S/c1-28(12-3-5-13(6-4-12)31-18(29)20(21,22)23)19(30)25-11-2-7-14-15(8-11)27-17(26-14)16-9-32-10-24-16/h2-10H,1H3,(H,25,30)(H,26,27). The largest absolute Gasteiger partial charge is 0.491 e. The van der Waals surface area contributed by atoms with E-state index < -0.39 is 18.2 Å². The van der Waals surface area contributed by atoms with Crippen molar-refractivity contribution in [3.63, 3.8) is 0 Å². The van der Waals surface area contributed by atoms with E-state index in [0.29, 0.717) is 22.7 Å². The van der Waals surface area contributed by atoms with Crippen LogP contribution in [-0.2, 0) is 4.79 Å². The number of nitrogens with one attached hydrogen (secondary N) is 2. The first-order valence-corrected chi connectivity index (χ1v) is 9.97. The molecule has 0 atom stereocenters. The summed E-state index contributed by atoms with van der Waals surface area (Å²) >= 11 is 1.45. The van der Waals surface area contributed by atoms with Crippen molar-refractivity contribution in [1.82, 2.24) is 15.0 Å². The Morgan fingerprint density at radius 2 is 1.91 bits per heavy atom. The van der Waals surface area contributed by atoms with E-state index in [1.54, 1.807) is 23.7 Å². The Morgan fingerprint density at radius 3 is 2.56 bits per heavy atom. The molecule has 2 N–H and O–H groups in total. The van der Waals surface area contributed by atoms with E-state index in [1.165, 1.54) is 47.5 Å². The number of carbonyl (C=O) groups excluding carboxylic acids is 2. The maximum absolute atomic E-state index is 12.6. The summed E-state index contributed by atoms with van der Waals surface area (Å²) in [5.74, 6) is -1.99. The number of carbonyl (C=O) groups is 2. The third-order valence-electron chi connectivity index (χ3n) is 4.38. The topological polar surface area (TPSA) is 100 Å². The van der Waals surface area contributed by atoms with Crippen LogP contribution in [0.15, 0.2) is 53.4 Å². The fourth-order valence-corrected chi connectivity index (χ4v) is 3.30. The summed E-state index contributed by atoms with van der Waals surface area (Å²) < 4.78 is 41.1. The van der Waals surface area contributed by atoms with Gasteiger partial charge < -0.3 is 15.0 Å². The number of urea groups is 1. The molecule has 0 bridgehead atoms. The van der Waals surface area contributed by atoms with Gasteiger partial charge in [-0.25, -0.2) is 19.6 Å². The van der Waals surface area contributed by atoms with Gasteiger partial charge in [-0.15, -0.1) is 11.3 Å². The second kappa shape index (κ2) is 8.30. The molecule has 0 saturated heterocycles. The van der Waals surface area contributed by atoms with Crippen LogP contribution >= 0.6 is 11.3 Å². The molecule has 2 aromatic carbocycles. The number of amides is 2. The second-order valence-electron chi connectivity index (χ2n) is 6.56. The summed E-state index contributed by atoms with van der Waals surface area (Å²) in [6.07, 6.45) is -5.09. The van der Waals surface area contributed by atoms with Crippen molar-refractivity contribution in [2.45, 2.75) is 6.18 Å². The lowest BCUT2D eigenvalue weighted by atomic mass is 10.2. The van der Waals surface area contributed by atoms with Crippen LogP contribution in [0.5, 0.6) is 5.75 Å². The number of imidazole rings is 1. The number of halogens is 3. The van der Waals surface area contributed by atoms with E-state index >= 15 is 0 Å². The van der Waals surface area contributed by atoms with Crippen molar-refractivity contribution < 1.29 is 27.5 Å². The molecular weight excluding hydrogens is 447 g/mol. The number of hydrogen-bond donors (Lipinski definition) is 2. The predicted molar refractivity (Wildman–Crippen MR) is 113 cm³/mol. The molecule has 8 nitrogen and oxygen atoms in total. The molecule has 2 heterocycles. The number of fused-ring (bicyclic) bond motifs is 1. The SMILES string of the molecule is CN(C(=O)Nc1ccc2[nH]c(-c3cscn3)nc2c1)c1ccc(OC(=O)C(F)(F)F)cc1. The van der Waals surface area contributed by atoms with Crippen LogP contribution in [0, 0.1) is 0 Å². The molecule has 0 radical (unpaired) electrons. The monoisotopic (exact) mass is 461 g/mol. The molecular formula is C20H14F3N5O3S. The molecule has 0 fully saturated rings. The van der Waals surface area contributed by atoms with Gasteiger partial charge in [0.2, 0.25) is 0 Å². The molecule has 0 saturated carbocycles. The zero-order chi connectivity index (χ0) is 22.9. The first-order chi connectivity index (χ1) is 15.2. The van der Waals surface area contributed by atoms with Crippen LogP contribution in [-0.4, -0.2) is 40.2 Å². The van der Waals surface area contributed by atoms with Crippen molar-refractivity contribution in [3.05, 3.63) is 53.4 Å². The van der Waals surface area contributed by atoms with E-state index in [2.05, 4.69) is 25.0 Å². The Balaban J connectivity index is 1.44. The van der Waals surface area contributed by atoms with Crippen LogP contribution in [0.4, 0.5) is 29.3 Å². The second-order valence-corrected chi connectivity index (χ2v) is 7.28. The zero-order valence-electron chi connectivity index (χ0n) is 16.3. The van der Waals surface area contributed by atoms with Gasteiger partial charge in [0, 0.05) is 23.8 Å². The van der Waals surface area contributed by atoms with Gasteiger partial charge in [0.15, 0.2) is 5.82 Å². The first-order valence-electron chi connectivity index (χ1n) is 9.03. The molecule has 32 heavy (non-hydrogen) atoms. The average molecular weight is 461 g/mol. The van der Waals surface area contributed by atoms with E-state index in [9.17, 15) is 22.8 Å². The number of hydrogen-bond acceptors (Lipinski definition) is 6. The molecule has 0 unspecified atom stereocenters. The molecule has 0 aliphatic rings. The van der Waals surface area contributed by atoms with E-state index in [-0.39, 0.29) is 5.75 Å². The van der Waals surface area contributed by atoms with Gasteiger partial charge in [0.05, 0.1) is 16.5 Å². The van der Waals surface area contributed by atoms with Gasteiger partial charge in [0.25, 0.3) is 0 Å². The maximum Gasteiger partial charge on any atom is 0.491 e. The number of benzene rings is 2. The summed E-state index contributed by atoms with van der Waals surface area (Å²) in [4.78, 5) is 36.6. The van der Waals surface area contributed by atoms with Crippen LogP contribution in [0.2, 0.25) is 0 Å². The molecule has 2 amide bonds. The van der Waals surface area contributed by atoms with Gasteiger partial charge in [-0.3, -0.25) is 4.90 Å². The van der Waals surface area contributed by atoms with Crippen molar-refractivity contribution in [2.75, 3.05) is 17.3 Å². The first kappa shape index (κ1) is 21.3. The molecule has 2 aromatic heterocycles. The molecule has 164 valence electrons. The number of H-pyrrole nitrogens is 1. The smallest absolute Gasteiger partial charge is 0.420 e. The molecule has 12 heteroatoms. The summed E-state index contributed by atoms with van der Waals surface area (Å²) in [6.45, 7) is 0. The summed E-state index contributed by atoms with van der Waals surface area (Å²) in [6, 6.07) is 9.74. The summed E-state index contributed by atoms with van der Waals surface area (Å²) in [7, 11) is 1.49. The lowest BCUT2D eigenvalue weighted by Gasteiger charge is -2.18. The minimum absolute atomic E-state index is 0.287. The maximum atomic E-state index is 12.6. The predicted octanol–water partition coefficient (Wildman–Crippen LogP) is 4.82. The van der Waals surface area contributed by atoms with E-state index in [1.807, 2.05) is 5.38 Å². The quantitative estimate of drug-likeness (QED) is 0.335. The van der Waals surface area contributed by atoms with E-state index in [0.717, 1.165) is 11.2 Å². The van der Waals surface area contributed by atoms with Crippen LogP contribution in [0.3, 0.4) is 0 Å². The van der Waals surface area contributed by atoms with Gasteiger partial charge in [-0.1, -0.05) is 0 Å². The number of aromatic nitrogens is 3. The van der Waals surface area contributed by atoms with E-state index in [4.69, 9.17) is 0 Å². The van der Waals surface area contributed by atoms with Crippen molar-refractivity contribution in [2.24, 2.45) is 0 Å². The fraction of sp³-hybridized carbons (Fsp3) is 0.100. The fourth-order valence-electron chi connectivity index (χ4n) is 2.76. The summed E-state index contributed by atoms with van der Waals surface area (Å²) in [5.41, 5.74) is 4.73. The number of thiazole rings is 1. The number of esters is 1. The number of rotatable bonds is 4. The Morgan fingerprint density at radius 1 is 1.16 bits per heavy atom. The third kappa shape index (κ3) is 4.54. The number of aromatic amines is 1.